The molecule has 1 amide bonds. The molecule has 0 spiro atoms. The predicted octanol–water partition coefficient (Wildman–Crippen LogP) is 3.32. The van der Waals surface area contributed by atoms with Gasteiger partial charge in [-0.25, -0.2) is 4.39 Å². The van der Waals surface area contributed by atoms with Crippen molar-refractivity contribution in [1.82, 2.24) is 5.32 Å². The lowest BCUT2D eigenvalue weighted by Gasteiger charge is -2.15. The van der Waals surface area contributed by atoms with Crippen LogP contribution in [-0.4, -0.2) is 25.7 Å². The van der Waals surface area contributed by atoms with Gasteiger partial charge in [-0.05, 0) is 43.7 Å². The molecular weight excluding hydrogens is 325 g/mol. The van der Waals surface area contributed by atoms with Crippen LogP contribution in [0.3, 0.4) is 0 Å². The second kappa shape index (κ2) is 8.92. The number of rotatable bonds is 8. The molecule has 2 rings (SSSR count). The van der Waals surface area contributed by atoms with E-state index in [0.717, 1.165) is 5.56 Å². The number of hydrogen-bond acceptors (Lipinski definition) is 4. The van der Waals surface area contributed by atoms with Gasteiger partial charge >= 0.3 is 0 Å². The highest BCUT2D eigenvalue weighted by Crippen LogP contribution is 2.28. The van der Waals surface area contributed by atoms with Crippen molar-refractivity contribution in [3.05, 3.63) is 53.8 Å². The minimum absolute atomic E-state index is 0.0370. The van der Waals surface area contributed by atoms with Gasteiger partial charge in [0.2, 0.25) is 0 Å². The smallest absolute Gasteiger partial charge is 0.258 e. The number of ether oxygens (including phenoxy) is 3. The maximum Gasteiger partial charge on any atom is 0.258 e. The van der Waals surface area contributed by atoms with Crippen LogP contribution >= 0.6 is 0 Å². The Kier molecular flexibility index (Phi) is 6.62. The second-order valence-corrected chi connectivity index (χ2v) is 5.65. The van der Waals surface area contributed by atoms with Crippen molar-refractivity contribution >= 4 is 5.91 Å². The van der Waals surface area contributed by atoms with E-state index in [4.69, 9.17) is 14.2 Å². The van der Waals surface area contributed by atoms with Gasteiger partial charge in [0.25, 0.3) is 5.91 Å². The summed E-state index contributed by atoms with van der Waals surface area (Å²) in [5.74, 6) is 0.457. The minimum Gasteiger partial charge on any atom is -0.493 e. The number of nitrogens with one attached hydrogen (secondary N) is 1. The molecule has 0 saturated carbocycles. The minimum atomic E-state index is -0.499. The molecule has 2 aromatic carbocycles. The summed E-state index contributed by atoms with van der Waals surface area (Å²) in [6.07, 6.45) is 0.0370. The van der Waals surface area contributed by atoms with Gasteiger partial charge in [-0.1, -0.05) is 18.2 Å². The largest absolute Gasteiger partial charge is 0.493 e. The Morgan fingerprint density at radius 2 is 1.88 bits per heavy atom. The number of carbonyl (C=O) groups excluding carboxylic acids is 1. The number of hydrogen-bond donors (Lipinski definition) is 1. The molecule has 0 unspecified atom stereocenters. The quantitative estimate of drug-likeness (QED) is 0.796. The predicted molar refractivity (Wildman–Crippen MR) is 92.5 cm³/mol. The van der Waals surface area contributed by atoms with Crippen molar-refractivity contribution in [2.24, 2.45) is 0 Å². The van der Waals surface area contributed by atoms with Crippen molar-refractivity contribution in [3.8, 4) is 17.2 Å². The summed E-state index contributed by atoms with van der Waals surface area (Å²) < 4.78 is 29.5. The van der Waals surface area contributed by atoms with Gasteiger partial charge in [0.1, 0.15) is 0 Å². The lowest BCUT2D eigenvalue weighted by atomic mass is 10.2. The Hall–Kier alpha value is -2.76. The Balaban J connectivity index is 1.88. The van der Waals surface area contributed by atoms with Gasteiger partial charge in [-0.2, -0.15) is 0 Å². The van der Waals surface area contributed by atoms with Crippen LogP contribution in [0.2, 0.25) is 0 Å². The first kappa shape index (κ1) is 18.6. The molecule has 0 aromatic heterocycles. The maximum atomic E-state index is 13.4. The maximum absolute atomic E-state index is 13.4. The lowest BCUT2D eigenvalue weighted by Crippen LogP contribution is -2.28. The van der Waals surface area contributed by atoms with Crippen molar-refractivity contribution in [2.75, 3.05) is 13.7 Å². The van der Waals surface area contributed by atoms with E-state index in [0.29, 0.717) is 18.0 Å². The summed E-state index contributed by atoms with van der Waals surface area (Å²) in [6, 6.07) is 11.4. The number of para-hydroxylation sites is 1. The van der Waals surface area contributed by atoms with Crippen molar-refractivity contribution < 1.29 is 23.4 Å². The molecule has 0 bridgehead atoms. The van der Waals surface area contributed by atoms with Crippen LogP contribution in [0.25, 0.3) is 0 Å². The highest BCUT2D eigenvalue weighted by atomic mass is 19.1. The van der Waals surface area contributed by atoms with Crippen LogP contribution in [0.15, 0.2) is 42.5 Å². The van der Waals surface area contributed by atoms with Crippen molar-refractivity contribution in [2.45, 2.75) is 26.5 Å². The zero-order valence-corrected chi connectivity index (χ0v) is 14.5. The molecular formula is C19H22FNO4. The molecule has 0 saturated heterocycles. The topological polar surface area (TPSA) is 56.8 Å². The molecule has 0 aliphatic heterocycles. The van der Waals surface area contributed by atoms with Gasteiger partial charge in [-0.3, -0.25) is 4.79 Å². The van der Waals surface area contributed by atoms with Crippen molar-refractivity contribution in [1.29, 1.82) is 0 Å². The molecule has 6 heteroatoms. The van der Waals surface area contributed by atoms with Crippen LogP contribution in [0.5, 0.6) is 17.2 Å². The zero-order chi connectivity index (χ0) is 18.2. The molecule has 0 heterocycles. The Labute approximate surface area is 146 Å². The number of halogens is 1. The molecule has 2 aromatic rings. The summed E-state index contributed by atoms with van der Waals surface area (Å²) in [7, 11) is 1.56. The fraction of sp³-hybridized carbons (Fsp3) is 0.316. The van der Waals surface area contributed by atoms with Gasteiger partial charge in [-0.15, -0.1) is 0 Å². The highest BCUT2D eigenvalue weighted by molar-refractivity contribution is 5.77. The third-order valence-corrected chi connectivity index (χ3v) is 3.28. The van der Waals surface area contributed by atoms with Crippen LogP contribution in [0, 0.1) is 5.82 Å². The van der Waals surface area contributed by atoms with Crippen LogP contribution in [-0.2, 0) is 11.3 Å². The SMILES string of the molecule is COc1cc(CNC(=O)COc2ccccc2F)ccc1OC(C)C. The van der Waals surface area contributed by atoms with Crippen LogP contribution in [0.1, 0.15) is 19.4 Å². The van der Waals surface area contributed by atoms with Crippen LogP contribution in [0.4, 0.5) is 4.39 Å². The number of benzene rings is 2. The van der Waals surface area contributed by atoms with E-state index in [1.807, 2.05) is 19.9 Å². The first-order valence-corrected chi connectivity index (χ1v) is 7.97. The third-order valence-electron chi connectivity index (χ3n) is 3.28. The molecule has 5 nitrogen and oxygen atoms in total. The van der Waals surface area contributed by atoms with E-state index in [1.54, 1.807) is 31.4 Å². The van der Waals surface area contributed by atoms with Gasteiger partial charge in [0, 0.05) is 6.54 Å². The molecule has 0 aliphatic rings. The molecule has 25 heavy (non-hydrogen) atoms. The normalized spacial score (nSPS) is 10.4. The monoisotopic (exact) mass is 347 g/mol. The first-order valence-electron chi connectivity index (χ1n) is 7.97. The molecule has 0 aliphatic carbocycles. The molecule has 0 fully saturated rings. The Bertz CT molecular complexity index is 718. The zero-order valence-electron chi connectivity index (χ0n) is 14.5. The van der Waals surface area contributed by atoms with Gasteiger partial charge in [0.15, 0.2) is 29.7 Å². The second-order valence-electron chi connectivity index (χ2n) is 5.65. The Morgan fingerprint density at radius 1 is 1.12 bits per heavy atom. The number of amides is 1. The molecule has 0 radical (unpaired) electrons. The van der Waals surface area contributed by atoms with E-state index in [-0.39, 0.29) is 24.4 Å². The first-order chi connectivity index (χ1) is 12.0. The fourth-order valence-corrected chi connectivity index (χ4v) is 2.13. The lowest BCUT2D eigenvalue weighted by molar-refractivity contribution is -0.123. The molecule has 1 N–H and O–H groups in total. The average Bonchev–Trinajstić information content (AvgIpc) is 2.59. The molecule has 0 atom stereocenters. The van der Waals surface area contributed by atoms with Crippen molar-refractivity contribution in [3.63, 3.8) is 0 Å². The average molecular weight is 347 g/mol. The summed E-state index contributed by atoms with van der Waals surface area (Å²) in [5.41, 5.74) is 0.854. The van der Waals surface area contributed by atoms with E-state index in [2.05, 4.69) is 5.32 Å². The molecule has 134 valence electrons. The van der Waals surface area contributed by atoms with E-state index in [9.17, 15) is 9.18 Å². The third kappa shape index (κ3) is 5.67. The summed E-state index contributed by atoms with van der Waals surface area (Å²) >= 11 is 0. The van der Waals surface area contributed by atoms with Crippen LogP contribution < -0.4 is 19.5 Å². The fourth-order valence-electron chi connectivity index (χ4n) is 2.13. The van der Waals surface area contributed by atoms with E-state index < -0.39 is 5.82 Å². The standard InChI is InChI=1S/C19H22FNO4/c1-13(2)25-17-9-8-14(10-18(17)23-3)11-21-19(22)12-24-16-7-5-4-6-15(16)20/h4-10,13H,11-12H2,1-3H3,(H,21,22). The summed E-state index contributed by atoms with van der Waals surface area (Å²) in [4.78, 5) is 11.9. The Morgan fingerprint density at radius 3 is 2.56 bits per heavy atom. The van der Waals surface area contributed by atoms with E-state index in [1.165, 1.54) is 12.1 Å². The summed E-state index contributed by atoms with van der Waals surface area (Å²) in [5, 5.41) is 2.72. The number of methoxy groups -OCH3 is 1. The van der Waals surface area contributed by atoms with E-state index >= 15 is 0 Å². The van der Waals surface area contributed by atoms with Gasteiger partial charge in [0.05, 0.1) is 13.2 Å². The van der Waals surface area contributed by atoms with Gasteiger partial charge < -0.3 is 19.5 Å². The number of carbonyl (C=O) groups is 1. The highest BCUT2D eigenvalue weighted by Gasteiger charge is 2.09. The summed E-state index contributed by atoms with van der Waals surface area (Å²) in [6.45, 7) is 3.91.